The number of nitrogens with zero attached hydrogens (tertiary/aromatic N) is 1. The highest BCUT2D eigenvalue weighted by molar-refractivity contribution is 9.10. The highest BCUT2D eigenvalue weighted by atomic mass is 79.9. The molecule has 1 N–H and O–H groups in total. The first-order chi connectivity index (χ1) is 8.60. The maximum absolute atomic E-state index is 13.6. The Morgan fingerprint density at radius 3 is 2.11 bits per heavy atom. The summed E-state index contributed by atoms with van der Waals surface area (Å²) in [6, 6.07) is 10.5. The van der Waals surface area contributed by atoms with E-state index < -0.39 is 11.6 Å². The largest absolute Gasteiger partial charge is 0.351 e. The molecule has 0 amide bonds. The van der Waals surface area contributed by atoms with Crippen LogP contribution in [0.15, 0.2) is 40.9 Å². The molecule has 2 aromatic rings. The van der Waals surface area contributed by atoms with Gasteiger partial charge < -0.3 is 5.32 Å². The monoisotopic (exact) mass is 308 g/mol. The molecule has 0 aliphatic rings. The van der Waals surface area contributed by atoms with E-state index in [0.717, 1.165) is 16.6 Å². The molecule has 18 heavy (non-hydrogen) atoms. The Kier molecular flexibility index (Phi) is 3.58. The fraction of sp³-hybridized carbons (Fsp3) is 0. The van der Waals surface area contributed by atoms with Crippen molar-refractivity contribution >= 4 is 27.3 Å². The van der Waals surface area contributed by atoms with Gasteiger partial charge in [-0.1, -0.05) is 15.9 Å². The molecule has 0 saturated heterocycles. The summed E-state index contributed by atoms with van der Waals surface area (Å²) in [6.45, 7) is 0. The summed E-state index contributed by atoms with van der Waals surface area (Å²) in [7, 11) is 0. The summed E-state index contributed by atoms with van der Waals surface area (Å²) in [5, 5.41) is 11.2. The molecule has 0 saturated carbocycles. The molecule has 90 valence electrons. The zero-order valence-electron chi connectivity index (χ0n) is 9.05. The van der Waals surface area contributed by atoms with Crippen LogP contribution in [0, 0.1) is 23.0 Å². The molecule has 0 aliphatic carbocycles. The smallest absolute Gasteiger partial charge is 0.150 e. The van der Waals surface area contributed by atoms with Crippen LogP contribution in [-0.2, 0) is 0 Å². The van der Waals surface area contributed by atoms with Gasteiger partial charge >= 0.3 is 0 Å². The van der Waals surface area contributed by atoms with E-state index in [0.29, 0.717) is 5.69 Å². The third-order valence-corrected chi connectivity index (χ3v) is 2.81. The normalized spacial score (nSPS) is 9.89. The van der Waals surface area contributed by atoms with Crippen LogP contribution in [-0.4, -0.2) is 0 Å². The quantitative estimate of drug-likeness (QED) is 0.895. The summed E-state index contributed by atoms with van der Waals surface area (Å²) in [4.78, 5) is 0. The molecule has 0 fully saturated rings. The van der Waals surface area contributed by atoms with Crippen LogP contribution in [0.5, 0.6) is 0 Å². The number of benzene rings is 2. The number of hydrogen-bond acceptors (Lipinski definition) is 2. The van der Waals surface area contributed by atoms with E-state index in [-0.39, 0.29) is 11.3 Å². The van der Waals surface area contributed by atoms with E-state index in [2.05, 4.69) is 21.2 Å². The van der Waals surface area contributed by atoms with E-state index in [1.807, 2.05) is 0 Å². The van der Waals surface area contributed by atoms with E-state index in [9.17, 15) is 8.78 Å². The zero-order chi connectivity index (χ0) is 13.1. The average molecular weight is 309 g/mol. The van der Waals surface area contributed by atoms with Crippen molar-refractivity contribution in [3.63, 3.8) is 0 Å². The molecule has 0 radical (unpaired) electrons. The first-order valence-electron chi connectivity index (χ1n) is 5.02. The van der Waals surface area contributed by atoms with Gasteiger partial charge in [0.1, 0.15) is 5.69 Å². The molecule has 0 aliphatic heterocycles. The van der Waals surface area contributed by atoms with Gasteiger partial charge in [0.25, 0.3) is 0 Å². The average Bonchev–Trinajstić information content (AvgIpc) is 2.35. The standard InChI is InChI=1S/C13H7BrF2N2/c14-9-1-3-10(4-2-9)18-13-11(15)5-8(7-17)6-12(13)16/h1-6,18H. The van der Waals surface area contributed by atoms with Gasteiger partial charge in [0.15, 0.2) is 11.6 Å². The van der Waals surface area contributed by atoms with Crippen molar-refractivity contribution in [2.24, 2.45) is 0 Å². The van der Waals surface area contributed by atoms with E-state index in [1.165, 1.54) is 0 Å². The fourth-order valence-electron chi connectivity index (χ4n) is 1.43. The predicted octanol–water partition coefficient (Wildman–Crippen LogP) is 4.34. The van der Waals surface area contributed by atoms with Crippen LogP contribution >= 0.6 is 15.9 Å². The van der Waals surface area contributed by atoms with Crippen molar-refractivity contribution in [2.45, 2.75) is 0 Å². The number of anilines is 2. The molecule has 0 heterocycles. The number of halogens is 3. The first-order valence-corrected chi connectivity index (χ1v) is 5.81. The van der Waals surface area contributed by atoms with Gasteiger partial charge in [-0.25, -0.2) is 8.78 Å². The lowest BCUT2D eigenvalue weighted by molar-refractivity contribution is 0.590. The molecule has 0 bridgehead atoms. The van der Waals surface area contributed by atoms with Gasteiger partial charge in [-0.15, -0.1) is 0 Å². The van der Waals surface area contributed by atoms with Crippen molar-refractivity contribution in [1.82, 2.24) is 0 Å². The Morgan fingerprint density at radius 1 is 1.06 bits per heavy atom. The fourth-order valence-corrected chi connectivity index (χ4v) is 1.70. The molecule has 5 heteroatoms. The highest BCUT2D eigenvalue weighted by Gasteiger charge is 2.11. The number of nitriles is 1. The maximum Gasteiger partial charge on any atom is 0.150 e. The van der Waals surface area contributed by atoms with Gasteiger partial charge in [-0.2, -0.15) is 5.26 Å². The SMILES string of the molecule is N#Cc1cc(F)c(Nc2ccc(Br)cc2)c(F)c1. The number of hydrogen-bond donors (Lipinski definition) is 1. The topological polar surface area (TPSA) is 35.8 Å². The molecule has 2 rings (SSSR count). The Labute approximate surface area is 111 Å². The molecule has 2 aromatic carbocycles. The van der Waals surface area contributed by atoms with Crippen LogP contribution < -0.4 is 5.32 Å². The van der Waals surface area contributed by atoms with Crippen LogP contribution in [0.1, 0.15) is 5.56 Å². The van der Waals surface area contributed by atoms with E-state index in [4.69, 9.17) is 5.26 Å². The Balaban J connectivity index is 2.35. The summed E-state index contributed by atoms with van der Waals surface area (Å²) >= 11 is 3.27. The Hall–Kier alpha value is -1.93. The third-order valence-electron chi connectivity index (χ3n) is 2.28. The second-order valence-electron chi connectivity index (χ2n) is 3.56. The minimum atomic E-state index is -0.797. The molecule has 0 aromatic heterocycles. The minimum absolute atomic E-state index is 0.0497. The summed E-state index contributed by atoms with van der Waals surface area (Å²) in [5.74, 6) is -1.59. The van der Waals surface area contributed by atoms with E-state index in [1.54, 1.807) is 30.3 Å². The van der Waals surface area contributed by atoms with Gasteiger partial charge in [0.05, 0.1) is 11.6 Å². The molecule has 2 nitrogen and oxygen atoms in total. The molecular formula is C13H7BrF2N2. The summed E-state index contributed by atoms with van der Waals surface area (Å²) in [5.41, 5.74) is 0.239. The van der Waals surface area contributed by atoms with Crippen LogP contribution in [0.4, 0.5) is 20.2 Å². The Bertz CT molecular complexity index is 595. The van der Waals surface area contributed by atoms with Gasteiger partial charge in [0.2, 0.25) is 0 Å². The molecular weight excluding hydrogens is 302 g/mol. The lowest BCUT2D eigenvalue weighted by Crippen LogP contribution is -1.98. The maximum atomic E-state index is 13.6. The molecule has 0 spiro atoms. The van der Waals surface area contributed by atoms with Crippen LogP contribution in [0.2, 0.25) is 0 Å². The first kappa shape index (κ1) is 12.5. The molecule has 0 unspecified atom stereocenters. The van der Waals surface area contributed by atoms with E-state index >= 15 is 0 Å². The lowest BCUT2D eigenvalue weighted by atomic mass is 10.2. The minimum Gasteiger partial charge on any atom is -0.351 e. The number of nitrogens with one attached hydrogen (secondary N) is 1. The van der Waals surface area contributed by atoms with Crippen molar-refractivity contribution in [3.8, 4) is 6.07 Å². The van der Waals surface area contributed by atoms with Crippen LogP contribution in [0.25, 0.3) is 0 Å². The van der Waals surface area contributed by atoms with Crippen LogP contribution in [0.3, 0.4) is 0 Å². The predicted molar refractivity (Wildman–Crippen MR) is 68.5 cm³/mol. The van der Waals surface area contributed by atoms with Crippen molar-refractivity contribution < 1.29 is 8.78 Å². The van der Waals surface area contributed by atoms with Crippen molar-refractivity contribution in [2.75, 3.05) is 5.32 Å². The highest BCUT2D eigenvalue weighted by Crippen LogP contribution is 2.25. The zero-order valence-corrected chi connectivity index (χ0v) is 10.6. The van der Waals surface area contributed by atoms with Crippen molar-refractivity contribution in [3.05, 3.63) is 58.1 Å². The second-order valence-corrected chi connectivity index (χ2v) is 4.47. The van der Waals surface area contributed by atoms with Gasteiger partial charge in [-0.05, 0) is 36.4 Å². The Morgan fingerprint density at radius 2 is 1.61 bits per heavy atom. The third kappa shape index (κ3) is 2.66. The lowest BCUT2D eigenvalue weighted by Gasteiger charge is -2.09. The van der Waals surface area contributed by atoms with Crippen molar-refractivity contribution in [1.29, 1.82) is 5.26 Å². The van der Waals surface area contributed by atoms with Gasteiger partial charge in [-0.3, -0.25) is 0 Å². The summed E-state index contributed by atoms with van der Waals surface area (Å²) in [6.07, 6.45) is 0. The molecule has 0 atom stereocenters. The summed E-state index contributed by atoms with van der Waals surface area (Å²) < 4.78 is 28.1. The number of rotatable bonds is 2. The van der Waals surface area contributed by atoms with Gasteiger partial charge in [0, 0.05) is 10.2 Å². The second kappa shape index (κ2) is 5.15.